The van der Waals surface area contributed by atoms with Crippen LogP contribution >= 0.6 is 0 Å². The van der Waals surface area contributed by atoms with Gasteiger partial charge in [-0.3, -0.25) is 4.79 Å². The van der Waals surface area contributed by atoms with Crippen molar-refractivity contribution in [3.8, 4) is 0 Å². The summed E-state index contributed by atoms with van der Waals surface area (Å²) in [5.41, 5.74) is 7.07. The average Bonchev–Trinajstić information content (AvgIpc) is 3.05. The molecule has 2 heterocycles. The van der Waals surface area contributed by atoms with Crippen molar-refractivity contribution in [2.24, 2.45) is 11.7 Å². The molecular formula is C25H29F3N2O3S. The molecule has 0 aromatic heterocycles. The predicted octanol–water partition coefficient (Wildman–Crippen LogP) is 3.75. The number of carbonyl (C=O) groups is 1. The SMILES string of the molecule is NC(Cc1cc(F)c(F)cc1F)C1CC2CCC(C1)N2C(=O)CCS(=O)(=O)Cc1ccccc1. The molecule has 0 saturated carbocycles. The minimum atomic E-state index is -3.41. The van der Waals surface area contributed by atoms with E-state index in [9.17, 15) is 26.4 Å². The van der Waals surface area contributed by atoms with E-state index in [-0.39, 0.29) is 53.8 Å². The molecule has 184 valence electrons. The number of piperidine rings is 1. The second-order valence-corrected chi connectivity index (χ2v) is 11.7. The van der Waals surface area contributed by atoms with Gasteiger partial charge in [-0.2, -0.15) is 0 Å². The first-order chi connectivity index (χ1) is 16.1. The highest BCUT2D eigenvalue weighted by Gasteiger charge is 2.44. The lowest BCUT2D eigenvalue weighted by Crippen LogP contribution is -2.50. The van der Waals surface area contributed by atoms with Crippen molar-refractivity contribution in [1.82, 2.24) is 4.90 Å². The van der Waals surface area contributed by atoms with Crippen molar-refractivity contribution in [3.05, 3.63) is 71.0 Å². The fraction of sp³-hybridized carbons (Fsp3) is 0.480. The maximum atomic E-state index is 14.0. The molecular weight excluding hydrogens is 465 g/mol. The first-order valence-electron chi connectivity index (χ1n) is 11.6. The summed E-state index contributed by atoms with van der Waals surface area (Å²) in [6.07, 6.45) is 2.92. The third kappa shape index (κ3) is 5.63. The molecule has 9 heteroatoms. The molecule has 3 unspecified atom stereocenters. The summed E-state index contributed by atoms with van der Waals surface area (Å²) < 4.78 is 65.8. The minimum absolute atomic E-state index is 0.0101. The van der Waals surface area contributed by atoms with Gasteiger partial charge in [0.2, 0.25) is 5.91 Å². The van der Waals surface area contributed by atoms with Crippen LogP contribution < -0.4 is 5.73 Å². The average molecular weight is 495 g/mol. The molecule has 2 N–H and O–H groups in total. The van der Waals surface area contributed by atoms with E-state index in [1.54, 1.807) is 24.3 Å². The molecule has 0 aliphatic carbocycles. The van der Waals surface area contributed by atoms with E-state index in [2.05, 4.69) is 0 Å². The summed E-state index contributed by atoms with van der Waals surface area (Å²) in [6.45, 7) is 0. The van der Waals surface area contributed by atoms with Gasteiger partial charge in [0.15, 0.2) is 21.5 Å². The Hall–Kier alpha value is -2.39. The van der Waals surface area contributed by atoms with Crippen LogP contribution in [0.15, 0.2) is 42.5 Å². The van der Waals surface area contributed by atoms with E-state index < -0.39 is 33.3 Å². The summed E-state index contributed by atoms with van der Waals surface area (Å²) >= 11 is 0. The van der Waals surface area contributed by atoms with Crippen LogP contribution in [0.2, 0.25) is 0 Å². The lowest BCUT2D eigenvalue weighted by molar-refractivity contribution is -0.136. The van der Waals surface area contributed by atoms with Crippen LogP contribution in [0.1, 0.15) is 43.2 Å². The van der Waals surface area contributed by atoms with Gasteiger partial charge in [0.25, 0.3) is 0 Å². The lowest BCUT2D eigenvalue weighted by atomic mass is 9.82. The highest BCUT2D eigenvalue weighted by molar-refractivity contribution is 7.90. The molecule has 2 aromatic rings. The van der Waals surface area contributed by atoms with Crippen LogP contribution in [-0.2, 0) is 26.8 Å². The second-order valence-electron chi connectivity index (χ2n) is 9.47. The highest BCUT2D eigenvalue weighted by Crippen LogP contribution is 2.40. The quantitative estimate of drug-likeness (QED) is 0.567. The normalized spacial score (nSPS) is 23.2. The summed E-state index contributed by atoms with van der Waals surface area (Å²) in [7, 11) is -3.41. The van der Waals surface area contributed by atoms with Crippen molar-refractivity contribution < 1.29 is 26.4 Å². The number of benzene rings is 2. The Bertz CT molecular complexity index is 1130. The van der Waals surface area contributed by atoms with Crippen molar-refractivity contribution in [3.63, 3.8) is 0 Å². The number of hydrogen-bond acceptors (Lipinski definition) is 4. The third-order valence-corrected chi connectivity index (χ3v) is 8.66. The first kappa shape index (κ1) is 24.7. The predicted molar refractivity (Wildman–Crippen MR) is 123 cm³/mol. The van der Waals surface area contributed by atoms with Gasteiger partial charge in [-0.1, -0.05) is 30.3 Å². The number of halogens is 3. The number of nitrogens with zero attached hydrogens (tertiary/aromatic N) is 1. The molecule has 34 heavy (non-hydrogen) atoms. The van der Waals surface area contributed by atoms with Crippen molar-refractivity contribution >= 4 is 15.7 Å². The van der Waals surface area contributed by atoms with E-state index >= 15 is 0 Å². The summed E-state index contributed by atoms with van der Waals surface area (Å²) in [4.78, 5) is 14.8. The zero-order valence-electron chi connectivity index (χ0n) is 18.8. The molecule has 2 bridgehead atoms. The second kappa shape index (κ2) is 10.1. The Balaban J connectivity index is 1.33. The molecule has 2 saturated heterocycles. The maximum absolute atomic E-state index is 14.0. The minimum Gasteiger partial charge on any atom is -0.337 e. The number of nitrogens with two attached hydrogens (primary N) is 1. The fourth-order valence-electron chi connectivity index (χ4n) is 5.39. The molecule has 3 atom stereocenters. The zero-order chi connectivity index (χ0) is 24.5. The summed E-state index contributed by atoms with van der Waals surface area (Å²) in [5.74, 6) is -3.60. The Morgan fingerprint density at radius 1 is 1.00 bits per heavy atom. The smallest absolute Gasteiger partial charge is 0.224 e. The molecule has 0 radical (unpaired) electrons. The fourth-order valence-corrected chi connectivity index (χ4v) is 6.72. The maximum Gasteiger partial charge on any atom is 0.224 e. The molecule has 5 nitrogen and oxygen atoms in total. The van der Waals surface area contributed by atoms with E-state index in [1.807, 2.05) is 11.0 Å². The summed E-state index contributed by atoms with van der Waals surface area (Å²) in [6, 6.07) is 9.75. The van der Waals surface area contributed by atoms with Crippen molar-refractivity contribution in [2.45, 2.75) is 62.4 Å². The van der Waals surface area contributed by atoms with E-state index in [1.165, 1.54) is 0 Å². The zero-order valence-corrected chi connectivity index (χ0v) is 19.6. The van der Waals surface area contributed by atoms with E-state index in [0.29, 0.717) is 24.5 Å². The van der Waals surface area contributed by atoms with Crippen LogP contribution in [0.5, 0.6) is 0 Å². The Morgan fingerprint density at radius 3 is 2.26 bits per heavy atom. The van der Waals surface area contributed by atoms with Gasteiger partial charge in [-0.15, -0.1) is 0 Å². The standard InChI is InChI=1S/C25H29F3N2O3S/c26-21-14-23(28)22(27)12-17(21)13-24(29)18-10-19-6-7-20(11-18)30(19)25(31)8-9-34(32,33)15-16-4-2-1-3-5-16/h1-5,12,14,18-20,24H,6-11,13,15,29H2. The number of fused-ring (bicyclic) bond motifs is 2. The van der Waals surface area contributed by atoms with Gasteiger partial charge in [0, 0.05) is 30.6 Å². The number of amides is 1. The largest absolute Gasteiger partial charge is 0.337 e. The van der Waals surface area contributed by atoms with Crippen molar-refractivity contribution in [2.75, 3.05) is 5.75 Å². The molecule has 2 aliphatic rings. The van der Waals surface area contributed by atoms with Gasteiger partial charge >= 0.3 is 0 Å². The van der Waals surface area contributed by atoms with Gasteiger partial charge in [0.05, 0.1) is 11.5 Å². The first-order valence-corrected chi connectivity index (χ1v) is 13.4. The Morgan fingerprint density at radius 2 is 1.62 bits per heavy atom. The highest BCUT2D eigenvalue weighted by atomic mass is 32.2. The molecule has 0 spiro atoms. The number of carbonyl (C=O) groups excluding carboxylic acids is 1. The molecule has 2 aliphatic heterocycles. The van der Waals surface area contributed by atoms with Crippen molar-refractivity contribution in [1.29, 1.82) is 0 Å². The van der Waals surface area contributed by atoms with Gasteiger partial charge in [-0.25, -0.2) is 21.6 Å². The van der Waals surface area contributed by atoms with Crippen LogP contribution in [0.4, 0.5) is 13.2 Å². The van der Waals surface area contributed by atoms with E-state index in [4.69, 9.17) is 5.73 Å². The van der Waals surface area contributed by atoms with Gasteiger partial charge in [0.1, 0.15) is 5.82 Å². The number of rotatable bonds is 8. The van der Waals surface area contributed by atoms with Crippen LogP contribution in [0.25, 0.3) is 0 Å². The topological polar surface area (TPSA) is 80.5 Å². The molecule has 4 rings (SSSR count). The number of hydrogen-bond donors (Lipinski definition) is 1. The van der Waals surface area contributed by atoms with Gasteiger partial charge < -0.3 is 10.6 Å². The molecule has 1 amide bonds. The Labute approximate surface area is 198 Å². The van der Waals surface area contributed by atoms with Crippen LogP contribution in [0.3, 0.4) is 0 Å². The van der Waals surface area contributed by atoms with E-state index in [0.717, 1.165) is 18.9 Å². The van der Waals surface area contributed by atoms with Crippen LogP contribution in [0, 0.1) is 23.4 Å². The molecule has 2 aromatic carbocycles. The number of sulfone groups is 1. The van der Waals surface area contributed by atoms with Crippen LogP contribution in [-0.4, -0.2) is 43.1 Å². The summed E-state index contributed by atoms with van der Waals surface area (Å²) in [5, 5.41) is 0. The molecule has 2 fully saturated rings. The lowest BCUT2D eigenvalue weighted by Gasteiger charge is -2.41. The monoisotopic (exact) mass is 494 g/mol. The Kier molecular flexibility index (Phi) is 7.33. The third-order valence-electron chi connectivity index (χ3n) is 7.06. The van der Waals surface area contributed by atoms with Gasteiger partial charge in [-0.05, 0) is 55.2 Å².